The van der Waals surface area contributed by atoms with Gasteiger partial charge in [0.15, 0.2) is 0 Å². The first-order valence-electron chi connectivity index (χ1n) is 12.0. The maximum absolute atomic E-state index is 12.0. The van der Waals surface area contributed by atoms with Crippen LogP contribution < -0.4 is 0 Å². The van der Waals surface area contributed by atoms with Gasteiger partial charge in [0.25, 0.3) is 0 Å². The molecule has 0 saturated heterocycles. The molecule has 0 bridgehead atoms. The summed E-state index contributed by atoms with van der Waals surface area (Å²) in [5, 5.41) is 0. The monoisotopic (exact) mass is 482 g/mol. The molecule has 0 N–H and O–H groups in total. The lowest BCUT2D eigenvalue weighted by atomic mass is 10.1. The van der Waals surface area contributed by atoms with Gasteiger partial charge in [0.05, 0.1) is 78.2 Å². The summed E-state index contributed by atoms with van der Waals surface area (Å²) in [4.78, 5) is 12.0. The zero-order valence-electron chi connectivity index (χ0n) is 20.7. The molecule has 1 aromatic rings. The molecule has 0 saturated carbocycles. The van der Waals surface area contributed by atoms with Crippen LogP contribution in [0, 0.1) is 0 Å². The fourth-order valence-electron chi connectivity index (χ4n) is 2.79. The van der Waals surface area contributed by atoms with E-state index in [0.29, 0.717) is 84.8 Å². The van der Waals surface area contributed by atoms with Crippen LogP contribution in [-0.2, 0) is 33.2 Å². The van der Waals surface area contributed by atoms with Gasteiger partial charge in [-0.25, -0.2) is 4.79 Å². The number of rotatable bonds is 24. The van der Waals surface area contributed by atoms with Crippen molar-refractivity contribution in [1.82, 2.24) is 0 Å². The van der Waals surface area contributed by atoms with E-state index in [9.17, 15) is 4.79 Å². The van der Waals surface area contributed by atoms with Gasteiger partial charge in [-0.05, 0) is 37.0 Å². The van der Waals surface area contributed by atoms with E-state index in [1.807, 2.05) is 12.1 Å². The van der Waals surface area contributed by atoms with E-state index < -0.39 is 0 Å². The molecule has 34 heavy (non-hydrogen) atoms. The van der Waals surface area contributed by atoms with Crippen LogP contribution in [0.2, 0.25) is 0 Å². The molecule has 0 unspecified atom stereocenters. The Hall–Kier alpha value is -1.81. The fraction of sp³-hybridized carbons (Fsp3) is 0.654. The van der Waals surface area contributed by atoms with Gasteiger partial charge in [0, 0.05) is 13.7 Å². The molecule has 1 aromatic carbocycles. The van der Waals surface area contributed by atoms with Crippen molar-refractivity contribution in [2.24, 2.45) is 0 Å². The Kier molecular flexibility index (Phi) is 20.4. The van der Waals surface area contributed by atoms with E-state index in [4.69, 9.17) is 33.2 Å². The van der Waals surface area contributed by atoms with E-state index >= 15 is 0 Å². The topological polar surface area (TPSA) is 81.7 Å². The van der Waals surface area contributed by atoms with Crippen molar-refractivity contribution in [3.05, 3.63) is 42.0 Å². The molecular weight excluding hydrogens is 440 g/mol. The highest BCUT2D eigenvalue weighted by molar-refractivity contribution is 5.89. The highest BCUT2D eigenvalue weighted by Crippen LogP contribution is 2.08. The van der Waals surface area contributed by atoms with Crippen LogP contribution in [0.15, 0.2) is 30.8 Å². The lowest BCUT2D eigenvalue weighted by Gasteiger charge is -2.08. The van der Waals surface area contributed by atoms with Crippen LogP contribution in [0.5, 0.6) is 0 Å². The van der Waals surface area contributed by atoms with Crippen molar-refractivity contribution in [2.45, 2.75) is 25.7 Å². The van der Waals surface area contributed by atoms with Gasteiger partial charge in [-0.3, -0.25) is 0 Å². The standard InChI is InChI=1S/C26H42O8/c1-3-24-8-10-25(11-9-24)26(27)34-13-7-5-4-6-12-29-16-17-31-20-21-33-23-22-32-19-18-30-15-14-28-2/h3,8-11H,1,4-7,12-23H2,2H3. The quantitative estimate of drug-likeness (QED) is 0.163. The smallest absolute Gasteiger partial charge is 0.338 e. The molecule has 8 nitrogen and oxygen atoms in total. The second-order valence-corrected chi connectivity index (χ2v) is 7.43. The van der Waals surface area contributed by atoms with Gasteiger partial charge < -0.3 is 33.2 Å². The molecule has 8 heteroatoms. The summed E-state index contributed by atoms with van der Waals surface area (Å²) in [5.41, 5.74) is 1.55. The Labute approximate surface area is 204 Å². The zero-order chi connectivity index (χ0) is 24.5. The summed E-state index contributed by atoms with van der Waals surface area (Å²) in [6.45, 7) is 10.5. The van der Waals surface area contributed by atoms with Crippen LogP contribution >= 0.6 is 0 Å². The predicted molar refractivity (Wildman–Crippen MR) is 131 cm³/mol. The fourth-order valence-corrected chi connectivity index (χ4v) is 2.79. The molecule has 0 aliphatic rings. The lowest BCUT2D eigenvalue weighted by Crippen LogP contribution is -2.14. The molecule has 0 fully saturated rings. The number of hydrogen-bond acceptors (Lipinski definition) is 8. The molecular formula is C26H42O8. The summed E-state index contributed by atoms with van der Waals surface area (Å²) in [6.07, 6.45) is 5.63. The van der Waals surface area contributed by atoms with Crippen molar-refractivity contribution in [2.75, 3.05) is 86.4 Å². The molecule has 0 spiro atoms. The number of esters is 1. The molecule has 0 amide bonds. The lowest BCUT2D eigenvalue weighted by molar-refractivity contribution is -0.0148. The van der Waals surface area contributed by atoms with Gasteiger partial charge in [0.1, 0.15) is 0 Å². The largest absolute Gasteiger partial charge is 0.462 e. The minimum absolute atomic E-state index is 0.280. The summed E-state index contributed by atoms with van der Waals surface area (Å²) >= 11 is 0. The SMILES string of the molecule is C=Cc1ccc(C(=O)OCCCCCCOCCOCCOCCOCCOCCOC)cc1. The van der Waals surface area contributed by atoms with Gasteiger partial charge in [0.2, 0.25) is 0 Å². The van der Waals surface area contributed by atoms with Crippen molar-refractivity contribution in [3.63, 3.8) is 0 Å². The second kappa shape index (κ2) is 23.0. The maximum atomic E-state index is 12.0. The Morgan fingerprint density at radius 1 is 0.647 bits per heavy atom. The third kappa shape index (κ3) is 17.6. The first-order chi connectivity index (χ1) is 16.8. The van der Waals surface area contributed by atoms with Crippen LogP contribution in [0.4, 0.5) is 0 Å². The van der Waals surface area contributed by atoms with Gasteiger partial charge in [-0.2, -0.15) is 0 Å². The molecule has 0 aliphatic heterocycles. The van der Waals surface area contributed by atoms with Crippen molar-refractivity contribution < 1.29 is 38.0 Å². The molecule has 0 aromatic heterocycles. The Balaban J connectivity index is 1.75. The molecule has 1 rings (SSSR count). The van der Waals surface area contributed by atoms with E-state index in [1.165, 1.54) is 0 Å². The first kappa shape index (κ1) is 30.2. The zero-order valence-corrected chi connectivity index (χ0v) is 20.7. The van der Waals surface area contributed by atoms with Crippen LogP contribution in [-0.4, -0.2) is 92.4 Å². The number of methoxy groups -OCH3 is 1. The minimum Gasteiger partial charge on any atom is -0.462 e. The summed E-state index contributed by atoms with van der Waals surface area (Å²) in [7, 11) is 1.65. The van der Waals surface area contributed by atoms with Gasteiger partial charge in [-0.1, -0.05) is 31.2 Å². The number of hydrogen-bond donors (Lipinski definition) is 0. The van der Waals surface area contributed by atoms with Crippen molar-refractivity contribution in [1.29, 1.82) is 0 Å². The second-order valence-electron chi connectivity index (χ2n) is 7.43. The van der Waals surface area contributed by atoms with Crippen LogP contribution in [0.1, 0.15) is 41.6 Å². The third-order valence-corrected chi connectivity index (χ3v) is 4.72. The molecule has 0 radical (unpaired) electrons. The molecule has 0 aliphatic carbocycles. The van der Waals surface area contributed by atoms with E-state index in [-0.39, 0.29) is 5.97 Å². The van der Waals surface area contributed by atoms with Crippen molar-refractivity contribution in [3.8, 4) is 0 Å². The molecule has 0 atom stereocenters. The normalized spacial score (nSPS) is 11.0. The minimum atomic E-state index is -0.280. The number of carbonyl (C=O) groups is 1. The number of ether oxygens (including phenoxy) is 7. The Bertz CT molecular complexity index is 605. The number of carbonyl (C=O) groups excluding carboxylic acids is 1. The number of unbranched alkanes of at least 4 members (excludes halogenated alkanes) is 3. The van der Waals surface area contributed by atoms with E-state index in [2.05, 4.69) is 6.58 Å². The predicted octanol–water partition coefficient (Wildman–Crippen LogP) is 3.78. The third-order valence-electron chi connectivity index (χ3n) is 4.72. The average molecular weight is 483 g/mol. The maximum Gasteiger partial charge on any atom is 0.338 e. The molecule has 194 valence electrons. The summed E-state index contributed by atoms with van der Waals surface area (Å²) < 4.78 is 37.3. The average Bonchev–Trinajstić information content (AvgIpc) is 2.87. The Morgan fingerprint density at radius 2 is 1.09 bits per heavy atom. The summed E-state index contributed by atoms with van der Waals surface area (Å²) in [6, 6.07) is 7.22. The number of benzene rings is 1. The van der Waals surface area contributed by atoms with Gasteiger partial charge >= 0.3 is 5.97 Å². The van der Waals surface area contributed by atoms with Crippen molar-refractivity contribution >= 4 is 12.0 Å². The van der Waals surface area contributed by atoms with Crippen LogP contribution in [0.3, 0.4) is 0 Å². The Morgan fingerprint density at radius 3 is 1.56 bits per heavy atom. The summed E-state index contributed by atoms with van der Waals surface area (Å²) in [5.74, 6) is -0.280. The highest BCUT2D eigenvalue weighted by Gasteiger charge is 2.06. The highest BCUT2D eigenvalue weighted by atomic mass is 16.6. The van der Waals surface area contributed by atoms with E-state index in [1.54, 1.807) is 25.3 Å². The van der Waals surface area contributed by atoms with Gasteiger partial charge in [-0.15, -0.1) is 0 Å². The first-order valence-corrected chi connectivity index (χ1v) is 12.0. The molecule has 0 heterocycles. The van der Waals surface area contributed by atoms with E-state index in [0.717, 1.165) is 31.2 Å². The van der Waals surface area contributed by atoms with Crippen LogP contribution in [0.25, 0.3) is 6.08 Å².